The maximum atomic E-state index is 13.1. The molecule has 3 heterocycles. The Morgan fingerprint density at radius 3 is 2.62 bits per heavy atom. The summed E-state index contributed by atoms with van der Waals surface area (Å²) in [6, 6.07) is 5.81. The Kier molecular flexibility index (Phi) is 5.41. The molecular formula is C24H30N4O4. The number of rotatable bonds is 5. The monoisotopic (exact) mass is 438 g/mol. The van der Waals surface area contributed by atoms with Crippen molar-refractivity contribution in [2.45, 2.75) is 52.3 Å². The molecule has 2 aliphatic heterocycles. The molecule has 0 radical (unpaired) electrons. The van der Waals surface area contributed by atoms with Crippen molar-refractivity contribution >= 4 is 23.4 Å². The summed E-state index contributed by atoms with van der Waals surface area (Å²) in [4.78, 5) is 29.5. The molecule has 1 aromatic carbocycles. The van der Waals surface area contributed by atoms with E-state index in [2.05, 4.69) is 5.10 Å². The second kappa shape index (κ2) is 8.24. The van der Waals surface area contributed by atoms with E-state index >= 15 is 0 Å². The van der Waals surface area contributed by atoms with Crippen LogP contribution in [0.2, 0.25) is 0 Å². The Balaban J connectivity index is 1.49. The fraction of sp³-hybridized carbons (Fsp3) is 0.542. The third kappa shape index (κ3) is 3.99. The van der Waals surface area contributed by atoms with Crippen LogP contribution in [0.15, 0.2) is 30.6 Å². The largest absolute Gasteiger partial charge is 0.446 e. The molecule has 32 heavy (non-hydrogen) atoms. The van der Waals surface area contributed by atoms with Crippen LogP contribution in [-0.2, 0) is 20.8 Å². The molecule has 8 heteroatoms. The average molecular weight is 439 g/mol. The number of ether oxygens (including phenoxy) is 2. The summed E-state index contributed by atoms with van der Waals surface area (Å²) in [5.41, 5.74) is 3.41. The van der Waals surface area contributed by atoms with Gasteiger partial charge in [-0.3, -0.25) is 14.4 Å². The van der Waals surface area contributed by atoms with Crippen molar-refractivity contribution < 1.29 is 19.1 Å². The maximum Gasteiger partial charge on any atom is 0.414 e. The normalized spacial score (nSPS) is 20.8. The van der Waals surface area contributed by atoms with Gasteiger partial charge < -0.3 is 14.4 Å². The lowest BCUT2D eigenvalue weighted by Crippen LogP contribution is -2.52. The fourth-order valence-corrected chi connectivity index (χ4v) is 4.37. The van der Waals surface area contributed by atoms with Gasteiger partial charge in [-0.2, -0.15) is 5.10 Å². The SMILES string of the molecule is CC(C)OC(=O)N1C[C@H](C)N(C(=O)C2CC2)c2ccc(-c3cnn(CC4COC4)c3)cc21. The van der Waals surface area contributed by atoms with Crippen LogP contribution in [0.4, 0.5) is 16.2 Å². The Labute approximate surface area is 188 Å². The zero-order valence-corrected chi connectivity index (χ0v) is 18.9. The van der Waals surface area contributed by atoms with Crippen LogP contribution in [0.5, 0.6) is 0 Å². The lowest BCUT2D eigenvalue weighted by atomic mass is 10.0. The van der Waals surface area contributed by atoms with Crippen LogP contribution in [0, 0.1) is 11.8 Å². The standard InChI is InChI=1S/C24H30N4O4/c1-15(2)32-24(30)27-10-16(3)28(23(29)18-4-5-18)21-7-6-19(8-22(21)27)20-9-25-26(12-20)11-17-13-31-14-17/h6-9,12,15-18H,4-5,10-11,13-14H2,1-3H3/t16-/m0/s1. The van der Waals surface area contributed by atoms with E-state index in [4.69, 9.17) is 9.47 Å². The highest BCUT2D eigenvalue weighted by atomic mass is 16.6. The van der Waals surface area contributed by atoms with E-state index < -0.39 is 0 Å². The molecule has 8 nitrogen and oxygen atoms in total. The zero-order valence-electron chi connectivity index (χ0n) is 18.9. The van der Waals surface area contributed by atoms with Crippen molar-refractivity contribution in [1.82, 2.24) is 9.78 Å². The van der Waals surface area contributed by atoms with Crippen LogP contribution in [0.1, 0.15) is 33.6 Å². The Morgan fingerprint density at radius 1 is 1.19 bits per heavy atom. The first-order valence-electron chi connectivity index (χ1n) is 11.5. The van der Waals surface area contributed by atoms with Gasteiger partial charge in [0, 0.05) is 36.7 Å². The molecule has 0 spiro atoms. The van der Waals surface area contributed by atoms with Gasteiger partial charge >= 0.3 is 6.09 Å². The molecule has 1 saturated heterocycles. The smallest absolute Gasteiger partial charge is 0.414 e. The summed E-state index contributed by atoms with van der Waals surface area (Å²) in [6.45, 7) is 8.47. The molecule has 0 N–H and O–H groups in total. The van der Waals surface area contributed by atoms with Gasteiger partial charge in [0.15, 0.2) is 0 Å². The molecule has 5 rings (SSSR count). The number of aromatic nitrogens is 2. The quantitative estimate of drug-likeness (QED) is 0.712. The first-order valence-corrected chi connectivity index (χ1v) is 11.5. The van der Waals surface area contributed by atoms with Gasteiger partial charge in [-0.1, -0.05) is 6.07 Å². The van der Waals surface area contributed by atoms with Crippen LogP contribution in [0.3, 0.4) is 0 Å². The second-order valence-corrected chi connectivity index (χ2v) is 9.43. The molecule has 3 aliphatic rings. The van der Waals surface area contributed by atoms with Gasteiger partial charge in [-0.15, -0.1) is 0 Å². The summed E-state index contributed by atoms with van der Waals surface area (Å²) < 4.78 is 12.7. The van der Waals surface area contributed by atoms with Gasteiger partial charge in [0.25, 0.3) is 0 Å². The van der Waals surface area contributed by atoms with E-state index in [1.807, 2.05) is 60.9 Å². The van der Waals surface area contributed by atoms with Crippen LogP contribution in [0.25, 0.3) is 11.1 Å². The van der Waals surface area contributed by atoms with E-state index in [1.165, 1.54) is 0 Å². The molecule has 0 bridgehead atoms. The molecule has 2 fully saturated rings. The second-order valence-electron chi connectivity index (χ2n) is 9.43. The lowest BCUT2D eigenvalue weighted by Gasteiger charge is -2.41. The predicted molar refractivity (Wildman–Crippen MR) is 121 cm³/mol. The number of hydrogen-bond donors (Lipinski definition) is 0. The Hall–Kier alpha value is -2.87. The Morgan fingerprint density at radius 2 is 1.97 bits per heavy atom. The number of fused-ring (bicyclic) bond motifs is 1. The van der Waals surface area contributed by atoms with Crippen LogP contribution >= 0.6 is 0 Å². The zero-order chi connectivity index (χ0) is 22.4. The molecule has 1 aliphatic carbocycles. The summed E-state index contributed by atoms with van der Waals surface area (Å²) in [6.07, 6.45) is 5.15. The minimum Gasteiger partial charge on any atom is -0.446 e. The van der Waals surface area contributed by atoms with Gasteiger partial charge in [0.05, 0.1) is 42.9 Å². The lowest BCUT2D eigenvalue weighted by molar-refractivity contribution is -0.120. The highest BCUT2D eigenvalue weighted by molar-refractivity contribution is 6.05. The van der Waals surface area contributed by atoms with Crippen LogP contribution in [-0.4, -0.2) is 53.7 Å². The van der Waals surface area contributed by atoms with Gasteiger partial charge in [-0.25, -0.2) is 4.79 Å². The molecule has 2 aromatic rings. The summed E-state index contributed by atoms with van der Waals surface area (Å²) in [5, 5.41) is 4.50. The van der Waals surface area contributed by atoms with E-state index in [9.17, 15) is 9.59 Å². The summed E-state index contributed by atoms with van der Waals surface area (Å²) >= 11 is 0. The third-order valence-electron chi connectivity index (χ3n) is 6.25. The number of carbonyl (C=O) groups excluding carboxylic acids is 2. The third-order valence-corrected chi connectivity index (χ3v) is 6.25. The van der Waals surface area contributed by atoms with E-state index in [0.29, 0.717) is 18.2 Å². The van der Waals surface area contributed by atoms with E-state index in [1.54, 1.807) is 4.90 Å². The first-order chi connectivity index (χ1) is 15.4. The van der Waals surface area contributed by atoms with Crippen LogP contribution < -0.4 is 9.80 Å². The van der Waals surface area contributed by atoms with E-state index in [-0.39, 0.29) is 30.1 Å². The fourth-order valence-electron chi connectivity index (χ4n) is 4.37. The number of hydrogen-bond acceptors (Lipinski definition) is 5. The molecule has 1 atom stereocenters. The van der Waals surface area contributed by atoms with Gasteiger partial charge in [0.2, 0.25) is 5.91 Å². The minimum absolute atomic E-state index is 0.104. The Bertz CT molecular complexity index is 1020. The van der Waals surface area contributed by atoms with Crippen molar-refractivity contribution in [3.63, 3.8) is 0 Å². The number of amides is 2. The van der Waals surface area contributed by atoms with Crippen molar-refractivity contribution in [3.8, 4) is 11.1 Å². The first kappa shape index (κ1) is 21.0. The van der Waals surface area contributed by atoms with Crippen molar-refractivity contribution in [2.75, 3.05) is 29.6 Å². The van der Waals surface area contributed by atoms with E-state index in [0.717, 1.165) is 49.4 Å². The average Bonchev–Trinajstić information content (AvgIpc) is 3.47. The molecule has 1 aromatic heterocycles. The number of nitrogens with zero attached hydrogens (tertiary/aromatic N) is 4. The molecular weight excluding hydrogens is 408 g/mol. The molecule has 170 valence electrons. The van der Waals surface area contributed by atoms with Crippen molar-refractivity contribution in [1.29, 1.82) is 0 Å². The van der Waals surface area contributed by atoms with Crippen molar-refractivity contribution in [2.24, 2.45) is 11.8 Å². The molecule has 0 unspecified atom stereocenters. The highest BCUT2D eigenvalue weighted by Gasteiger charge is 2.41. The number of carbonyl (C=O) groups is 2. The highest BCUT2D eigenvalue weighted by Crippen LogP contribution is 2.42. The summed E-state index contributed by atoms with van der Waals surface area (Å²) in [5.74, 6) is 0.767. The number of benzene rings is 1. The number of anilines is 2. The maximum absolute atomic E-state index is 13.1. The molecule has 1 saturated carbocycles. The van der Waals surface area contributed by atoms with Crippen molar-refractivity contribution in [3.05, 3.63) is 30.6 Å². The molecule has 2 amide bonds. The minimum atomic E-state index is -0.385. The summed E-state index contributed by atoms with van der Waals surface area (Å²) in [7, 11) is 0. The topological polar surface area (TPSA) is 76.9 Å². The van der Waals surface area contributed by atoms with Gasteiger partial charge in [0.1, 0.15) is 0 Å². The van der Waals surface area contributed by atoms with Gasteiger partial charge in [-0.05, 0) is 51.3 Å². The predicted octanol–water partition coefficient (Wildman–Crippen LogP) is 3.69.